The molecule has 1 aliphatic rings. The molecule has 0 spiro atoms. The maximum atomic E-state index is 10.8. The SMILES string of the molecule is O=[N+]([O-])c1cccc([C@H]2[NH2+]CCc3[nH]cnc32)c1. The lowest BCUT2D eigenvalue weighted by atomic mass is 9.98. The van der Waals surface area contributed by atoms with Crippen molar-refractivity contribution in [3.05, 3.63) is 57.7 Å². The van der Waals surface area contributed by atoms with E-state index in [1.54, 1.807) is 18.5 Å². The number of imidazole rings is 1. The number of fused-ring (bicyclic) bond motifs is 1. The lowest BCUT2D eigenvalue weighted by molar-refractivity contribution is -0.690. The molecule has 0 saturated carbocycles. The molecular formula is C12H13N4O2+. The van der Waals surface area contributed by atoms with Crippen molar-refractivity contribution in [2.24, 2.45) is 0 Å². The number of nitro benzene ring substituents is 1. The van der Waals surface area contributed by atoms with Crippen LogP contribution in [-0.4, -0.2) is 21.4 Å². The summed E-state index contributed by atoms with van der Waals surface area (Å²) >= 11 is 0. The summed E-state index contributed by atoms with van der Waals surface area (Å²) in [7, 11) is 0. The first-order valence-corrected chi connectivity index (χ1v) is 5.85. The van der Waals surface area contributed by atoms with E-state index >= 15 is 0 Å². The largest absolute Gasteiger partial charge is 0.348 e. The Balaban J connectivity index is 2.02. The van der Waals surface area contributed by atoms with Gasteiger partial charge in [-0.25, -0.2) is 4.98 Å². The molecule has 92 valence electrons. The topological polar surface area (TPSA) is 88.4 Å². The van der Waals surface area contributed by atoms with Gasteiger partial charge >= 0.3 is 0 Å². The molecule has 6 heteroatoms. The molecule has 1 atom stereocenters. The Bertz CT molecular complexity index is 593. The van der Waals surface area contributed by atoms with Gasteiger partial charge in [-0.2, -0.15) is 0 Å². The number of hydrogen-bond donors (Lipinski definition) is 2. The predicted molar refractivity (Wildman–Crippen MR) is 64.0 cm³/mol. The number of nitrogens with two attached hydrogens (primary N) is 1. The number of nitrogens with zero attached hydrogens (tertiary/aromatic N) is 2. The number of rotatable bonds is 2. The summed E-state index contributed by atoms with van der Waals surface area (Å²) in [6, 6.07) is 6.84. The monoisotopic (exact) mass is 245 g/mol. The maximum absolute atomic E-state index is 10.8. The van der Waals surface area contributed by atoms with E-state index in [1.807, 2.05) is 6.07 Å². The molecule has 3 rings (SSSR count). The summed E-state index contributed by atoms with van der Waals surface area (Å²) in [6.07, 6.45) is 2.65. The number of benzene rings is 1. The van der Waals surface area contributed by atoms with E-state index in [1.165, 1.54) is 6.07 Å². The fourth-order valence-corrected chi connectivity index (χ4v) is 2.43. The van der Waals surface area contributed by atoms with Gasteiger partial charge in [0.05, 0.1) is 17.8 Å². The minimum atomic E-state index is -0.363. The molecule has 0 aliphatic carbocycles. The van der Waals surface area contributed by atoms with Crippen LogP contribution in [0.15, 0.2) is 30.6 Å². The molecule has 6 nitrogen and oxygen atoms in total. The molecule has 3 N–H and O–H groups in total. The van der Waals surface area contributed by atoms with Gasteiger partial charge in [0, 0.05) is 29.8 Å². The van der Waals surface area contributed by atoms with Crippen LogP contribution in [0.1, 0.15) is 23.0 Å². The highest BCUT2D eigenvalue weighted by molar-refractivity contribution is 5.38. The van der Waals surface area contributed by atoms with Crippen LogP contribution < -0.4 is 5.32 Å². The highest BCUT2D eigenvalue weighted by Gasteiger charge is 2.28. The average Bonchev–Trinajstić information content (AvgIpc) is 2.87. The Hall–Kier alpha value is -2.21. The van der Waals surface area contributed by atoms with E-state index in [4.69, 9.17) is 0 Å². The number of H-pyrrole nitrogens is 1. The molecule has 0 radical (unpaired) electrons. The van der Waals surface area contributed by atoms with Crippen LogP contribution >= 0.6 is 0 Å². The highest BCUT2D eigenvalue weighted by atomic mass is 16.6. The summed E-state index contributed by atoms with van der Waals surface area (Å²) in [5, 5.41) is 13.0. The van der Waals surface area contributed by atoms with Crippen molar-refractivity contribution in [3.8, 4) is 0 Å². The number of aromatic nitrogens is 2. The Kier molecular flexibility index (Phi) is 2.56. The first-order valence-electron chi connectivity index (χ1n) is 5.85. The summed E-state index contributed by atoms with van der Waals surface area (Å²) in [5.74, 6) is 0. The fraction of sp³-hybridized carbons (Fsp3) is 0.250. The highest BCUT2D eigenvalue weighted by Crippen LogP contribution is 2.24. The molecule has 1 aromatic carbocycles. The summed E-state index contributed by atoms with van der Waals surface area (Å²) in [6.45, 7) is 0.961. The van der Waals surface area contributed by atoms with Crippen LogP contribution in [0.4, 0.5) is 5.69 Å². The number of hydrogen-bond acceptors (Lipinski definition) is 3. The lowest BCUT2D eigenvalue weighted by Gasteiger charge is -2.19. The van der Waals surface area contributed by atoms with Gasteiger partial charge in [0.2, 0.25) is 0 Å². The van der Waals surface area contributed by atoms with Crippen LogP contribution in [0, 0.1) is 10.1 Å². The van der Waals surface area contributed by atoms with Gasteiger partial charge in [-0.1, -0.05) is 12.1 Å². The summed E-state index contributed by atoms with van der Waals surface area (Å²) < 4.78 is 0. The minimum Gasteiger partial charge on any atom is -0.348 e. The number of quaternary nitrogens is 1. The predicted octanol–water partition coefficient (Wildman–Crippen LogP) is 0.527. The second-order valence-corrected chi connectivity index (χ2v) is 4.37. The van der Waals surface area contributed by atoms with E-state index in [0.29, 0.717) is 0 Å². The van der Waals surface area contributed by atoms with Gasteiger partial charge in [-0.3, -0.25) is 10.1 Å². The van der Waals surface area contributed by atoms with Crippen LogP contribution in [0.5, 0.6) is 0 Å². The normalized spacial score (nSPS) is 18.3. The molecular weight excluding hydrogens is 232 g/mol. The molecule has 2 aromatic rings. The van der Waals surface area contributed by atoms with Crippen molar-refractivity contribution in [2.75, 3.05) is 6.54 Å². The van der Waals surface area contributed by atoms with Crippen molar-refractivity contribution in [1.29, 1.82) is 0 Å². The number of nitrogens with one attached hydrogen (secondary N) is 1. The Morgan fingerprint density at radius 2 is 2.39 bits per heavy atom. The Labute approximate surface area is 103 Å². The minimum absolute atomic E-state index is 0.0555. The third-order valence-electron chi connectivity index (χ3n) is 3.28. The average molecular weight is 245 g/mol. The van der Waals surface area contributed by atoms with Gasteiger partial charge in [-0.05, 0) is 0 Å². The second-order valence-electron chi connectivity index (χ2n) is 4.37. The molecule has 18 heavy (non-hydrogen) atoms. The van der Waals surface area contributed by atoms with E-state index in [0.717, 1.165) is 29.9 Å². The Morgan fingerprint density at radius 3 is 3.22 bits per heavy atom. The second kappa shape index (κ2) is 4.23. The first kappa shape index (κ1) is 10.9. The number of aromatic amines is 1. The van der Waals surface area contributed by atoms with Gasteiger partial charge < -0.3 is 10.3 Å². The molecule has 0 bridgehead atoms. The third-order valence-corrected chi connectivity index (χ3v) is 3.28. The molecule has 1 aromatic heterocycles. The van der Waals surface area contributed by atoms with Crippen molar-refractivity contribution >= 4 is 5.69 Å². The zero-order valence-corrected chi connectivity index (χ0v) is 9.67. The fourth-order valence-electron chi connectivity index (χ4n) is 2.43. The molecule has 0 fully saturated rings. The van der Waals surface area contributed by atoms with Gasteiger partial charge in [0.15, 0.2) is 6.04 Å². The zero-order valence-electron chi connectivity index (χ0n) is 9.67. The van der Waals surface area contributed by atoms with Gasteiger partial charge in [-0.15, -0.1) is 0 Å². The lowest BCUT2D eigenvalue weighted by Crippen LogP contribution is -2.87. The molecule has 0 saturated heterocycles. The smallest absolute Gasteiger partial charge is 0.269 e. The van der Waals surface area contributed by atoms with Crippen molar-refractivity contribution < 1.29 is 10.2 Å². The quantitative estimate of drug-likeness (QED) is 0.597. The summed E-state index contributed by atoms with van der Waals surface area (Å²) in [4.78, 5) is 17.9. The van der Waals surface area contributed by atoms with E-state index in [2.05, 4.69) is 15.3 Å². The first-order chi connectivity index (χ1) is 8.75. The van der Waals surface area contributed by atoms with E-state index < -0.39 is 0 Å². The van der Waals surface area contributed by atoms with Crippen LogP contribution in [0.3, 0.4) is 0 Å². The van der Waals surface area contributed by atoms with Crippen LogP contribution in [0.25, 0.3) is 0 Å². The van der Waals surface area contributed by atoms with Crippen LogP contribution in [0.2, 0.25) is 0 Å². The standard InChI is InChI=1S/C12H12N4O2/c17-16(18)9-3-1-2-8(6-9)11-12-10(4-5-13-11)14-7-15-12/h1-3,6-7,11,13H,4-5H2,(H,14,15)/p+1/t11-/m1/s1. The summed E-state index contributed by atoms with van der Waals surface area (Å²) in [5.41, 5.74) is 3.18. The molecule has 2 heterocycles. The molecule has 0 unspecified atom stereocenters. The zero-order chi connectivity index (χ0) is 12.5. The van der Waals surface area contributed by atoms with E-state index in [9.17, 15) is 10.1 Å². The van der Waals surface area contributed by atoms with E-state index in [-0.39, 0.29) is 16.7 Å². The van der Waals surface area contributed by atoms with Crippen LogP contribution in [-0.2, 0) is 6.42 Å². The van der Waals surface area contributed by atoms with Crippen molar-refractivity contribution in [3.63, 3.8) is 0 Å². The molecule has 0 amide bonds. The van der Waals surface area contributed by atoms with Gasteiger partial charge in [0.25, 0.3) is 5.69 Å². The van der Waals surface area contributed by atoms with Crippen molar-refractivity contribution in [2.45, 2.75) is 12.5 Å². The Morgan fingerprint density at radius 1 is 1.50 bits per heavy atom. The third kappa shape index (κ3) is 1.76. The molecule has 1 aliphatic heterocycles. The maximum Gasteiger partial charge on any atom is 0.269 e. The van der Waals surface area contributed by atoms with Gasteiger partial charge in [0.1, 0.15) is 5.69 Å². The number of nitro groups is 1. The van der Waals surface area contributed by atoms with Crippen molar-refractivity contribution in [1.82, 2.24) is 9.97 Å². The number of non-ortho nitro benzene ring substituents is 1.